The zero-order valence-corrected chi connectivity index (χ0v) is 13.8. The van der Waals surface area contributed by atoms with Gasteiger partial charge >= 0.3 is 0 Å². The highest BCUT2D eigenvalue weighted by atomic mass is 35.5. The molecule has 0 saturated carbocycles. The summed E-state index contributed by atoms with van der Waals surface area (Å²) in [6.07, 6.45) is 1.55. The highest BCUT2D eigenvalue weighted by Crippen LogP contribution is 2.21. The molecule has 0 aliphatic rings. The van der Waals surface area contributed by atoms with E-state index in [2.05, 4.69) is 10.4 Å². The first-order chi connectivity index (χ1) is 11.7. The Balaban J connectivity index is 1.85. The van der Waals surface area contributed by atoms with Crippen molar-refractivity contribution < 1.29 is 4.74 Å². The summed E-state index contributed by atoms with van der Waals surface area (Å²) in [5, 5.41) is 7.43. The van der Waals surface area contributed by atoms with E-state index in [9.17, 15) is 4.79 Å². The summed E-state index contributed by atoms with van der Waals surface area (Å²) >= 11 is 6.22. The highest BCUT2D eigenvalue weighted by Gasteiger charge is 2.11. The van der Waals surface area contributed by atoms with Crippen molar-refractivity contribution in [2.24, 2.45) is 0 Å². The van der Waals surface area contributed by atoms with Crippen LogP contribution in [0.4, 0.5) is 5.69 Å². The van der Waals surface area contributed by atoms with Gasteiger partial charge < -0.3 is 10.1 Å². The molecule has 1 aromatic heterocycles. The summed E-state index contributed by atoms with van der Waals surface area (Å²) in [5.74, 6) is 0.770. The molecule has 0 spiro atoms. The van der Waals surface area contributed by atoms with E-state index in [1.165, 1.54) is 4.68 Å². The molecule has 3 rings (SSSR count). The SMILES string of the molecule is COc1ccccc1CNc1cnn(-c2ccccc2)c(=O)c1Cl. The Morgan fingerprint density at radius 3 is 2.58 bits per heavy atom. The van der Waals surface area contributed by atoms with Crippen molar-refractivity contribution in [1.29, 1.82) is 0 Å². The highest BCUT2D eigenvalue weighted by molar-refractivity contribution is 6.32. The van der Waals surface area contributed by atoms with Crippen LogP contribution in [-0.4, -0.2) is 16.9 Å². The molecule has 0 aliphatic heterocycles. The number of para-hydroxylation sites is 2. The predicted molar refractivity (Wildman–Crippen MR) is 95.2 cm³/mol. The largest absolute Gasteiger partial charge is 0.496 e. The van der Waals surface area contributed by atoms with Gasteiger partial charge in [-0.15, -0.1) is 0 Å². The smallest absolute Gasteiger partial charge is 0.292 e. The van der Waals surface area contributed by atoms with E-state index in [-0.39, 0.29) is 10.6 Å². The van der Waals surface area contributed by atoms with Gasteiger partial charge in [0.25, 0.3) is 5.56 Å². The van der Waals surface area contributed by atoms with Crippen molar-refractivity contribution in [3.05, 3.63) is 81.7 Å². The third-order valence-electron chi connectivity index (χ3n) is 3.58. The molecular formula is C18H16ClN3O2. The number of nitrogens with zero attached hydrogens (tertiary/aromatic N) is 2. The van der Waals surface area contributed by atoms with Crippen molar-refractivity contribution >= 4 is 17.3 Å². The molecule has 0 atom stereocenters. The van der Waals surface area contributed by atoms with E-state index in [1.54, 1.807) is 25.4 Å². The second kappa shape index (κ2) is 7.19. The molecule has 6 heteroatoms. The first-order valence-electron chi connectivity index (χ1n) is 7.39. The molecule has 5 nitrogen and oxygen atoms in total. The molecule has 1 heterocycles. The summed E-state index contributed by atoms with van der Waals surface area (Å²) in [5.41, 5.74) is 1.75. The molecule has 0 aliphatic carbocycles. The van der Waals surface area contributed by atoms with Gasteiger partial charge in [-0.3, -0.25) is 4.79 Å². The Morgan fingerprint density at radius 2 is 1.83 bits per heavy atom. The maximum Gasteiger partial charge on any atom is 0.292 e. The molecule has 1 N–H and O–H groups in total. The lowest BCUT2D eigenvalue weighted by molar-refractivity contribution is 0.410. The van der Waals surface area contributed by atoms with Crippen LogP contribution in [0.2, 0.25) is 5.02 Å². The molecule has 0 saturated heterocycles. The fraction of sp³-hybridized carbons (Fsp3) is 0.111. The summed E-state index contributed by atoms with van der Waals surface area (Å²) in [7, 11) is 1.62. The summed E-state index contributed by atoms with van der Waals surface area (Å²) in [4.78, 5) is 12.4. The normalized spacial score (nSPS) is 10.4. The van der Waals surface area contributed by atoms with Crippen molar-refractivity contribution in [2.45, 2.75) is 6.54 Å². The molecule has 0 unspecified atom stereocenters. The molecular weight excluding hydrogens is 326 g/mol. The van der Waals surface area contributed by atoms with Gasteiger partial charge in [0, 0.05) is 12.1 Å². The molecule has 122 valence electrons. The van der Waals surface area contributed by atoms with E-state index < -0.39 is 0 Å². The van der Waals surface area contributed by atoms with E-state index in [4.69, 9.17) is 16.3 Å². The first-order valence-corrected chi connectivity index (χ1v) is 7.77. The monoisotopic (exact) mass is 341 g/mol. The number of anilines is 1. The minimum absolute atomic E-state index is 0.101. The molecule has 0 fully saturated rings. The van der Waals surface area contributed by atoms with Crippen LogP contribution in [0.5, 0.6) is 5.75 Å². The van der Waals surface area contributed by atoms with Gasteiger partial charge in [0.05, 0.1) is 24.7 Å². The average molecular weight is 342 g/mol. The third kappa shape index (κ3) is 3.26. The standard InChI is InChI=1S/C18H16ClN3O2/c1-24-16-10-6-5-7-13(16)11-20-15-12-21-22(18(23)17(15)19)14-8-3-2-4-9-14/h2-10,12,20H,11H2,1H3. The minimum atomic E-state index is -0.368. The summed E-state index contributed by atoms with van der Waals surface area (Å²) < 4.78 is 6.58. The van der Waals surface area contributed by atoms with Gasteiger partial charge in [-0.1, -0.05) is 48.0 Å². The van der Waals surface area contributed by atoms with Crippen molar-refractivity contribution in [3.8, 4) is 11.4 Å². The van der Waals surface area contributed by atoms with Gasteiger partial charge in [0.1, 0.15) is 10.8 Å². The van der Waals surface area contributed by atoms with Crippen molar-refractivity contribution in [1.82, 2.24) is 9.78 Å². The van der Waals surface area contributed by atoms with Crippen LogP contribution < -0.4 is 15.6 Å². The summed E-state index contributed by atoms with van der Waals surface area (Å²) in [6, 6.07) is 16.8. The number of aromatic nitrogens is 2. The maximum absolute atomic E-state index is 12.4. The zero-order chi connectivity index (χ0) is 16.9. The van der Waals surface area contributed by atoms with E-state index in [0.29, 0.717) is 17.9 Å². The quantitative estimate of drug-likeness (QED) is 0.771. The van der Waals surface area contributed by atoms with Gasteiger partial charge in [-0.2, -0.15) is 9.78 Å². The number of hydrogen-bond donors (Lipinski definition) is 1. The zero-order valence-electron chi connectivity index (χ0n) is 13.1. The Kier molecular flexibility index (Phi) is 4.82. The number of benzene rings is 2. The topological polar surface area (TPSA) is 56.1 Å². The fourth-order valence-electron chi connectivity index (χ4n) is 2.35. The molecule has 3 aromatic rings. The van der Waals surface area contributed by atoms with E-state index in [0.717, 1.165) is 11.3 Å². The van der Waals surface area contributed by atoms with Crippen LogP contribution >= 0.6 is 11.6 Å². The van der Waals surface area contributed by atoms with E-state index in [1.807, 2.05) is 42.5 Å². The van der Waals surface area contributed by atoms with Gasteiger partial charge in [0.2, 0.25) is 0 Å². The molecule has 0 radical (unpaired) electrons. The van der Waals surface area contributed by atoms with Crippen LogP contribution in [0.1, 0.15) is 5.56 Å². The Hall–Kier alpha value is -2.79. The number of rotatable bonds is 5. The van der Waals surface area contributed by atoms with Crippen molar-refractivity contribution in [3.63, 3.8) is 0 Å². The maximum atomic E-state index is 12.4. The third-order valence-corrected chi connectivity index (χ3v) is 3.95. The molecule has 0 amide bonds. The fourth-order valence-corrected chi connectivity index (χ4v) is 2.54. The van der Waals surface area contributed by atoms with Crippen molar-refractivity contribution in [2.75, 3.05) is 12.4 Å². The number of hydrogen-bond acceptors (Lipinski definition) is 4. The number of halogens is 1. The predicted octanol–water partition coefficient (Wildman–Crippen LogP) is 3.51. The Morgan fingerprint density at radius 1 is 1.12 bits per heavy atom. The lowest BCUT2D eigenvalue weighted by Crippen LogP contribution is -2.22. The minimum Gasteiger partial charge on any atom is -0.496 e. The van der Waals surface area contributed by atoms with E-state index >= 15 is 0 Å². The molecule has 24 heavy (non-hydrogen) atoms. The van der Waals surface area contributed by atoms with Crippen LogP contribution in [-0.2, 0) is 6.54 Å². The number of methoxy groups -OCH3 is 1. The first kappa shape index (κ1) is 16.1. The summed E-state index contributed by atoms with van der Waals surface area (Å²) in [6.45, 7) is 0.472. The van der Waals surface area contributed by atoms with Crippen LogP contribution in [0.3, 0.4) is 0 Å². The lowest BCUT2D eigenvalue weighted by atomic mass is 10.2. The average Bonchev–Trinajstić information content (AvgIpc) is 2.64. The second-order valence-electron chi connectivity index (χ2n) is 5.09. The number of nitrogens with one attached hydrogen (secondary N) is 1. The number of ether oxygens (including phenoxy) is 1. The Bertz CT molecular complexity index is 894. The van der Waals surface area contributed by atoms with Gasteiger partial charge in [0.15, 0.2) is 0 Å². The lowest BCUT2D eigenvalue weighted by Gasteiger charge is -2.12. The van der Waals surface area contributed by atoms with Crippen LogP contribution in [0, 0.1) is 0 Å². The van der Waals surface area contributed by atoms with Crippen LogP contribution in [0.25, 0.3) is 5.69 Å². The van der Waals surface area contributed by atoms with Crippen LogP contribution in [0.15, 0.2) is 65.6 Å². The Labute approximate surface area is 144 Å². The molecule has 0 bridgehead atoms. The van der Waals surface area contributed by atoms with Gasteiger partial charge in [-0.05, 0) is 18.2 Å². The molecule has 2 aromatic carbocycles. The van der Waals surface area contributed by atoms with Gasteiger partial charge in [-0.25, -0.2) is 0 Å². The second-order valence-corrected chi connectivity index (χ2v) is 5.47.